The predicted octanol–water partition coefficient (Wildman–Crippen LogP) is 1.81. The van der Waals surface area contributed by atoms with Crippen molar-refractivity contribution in [2.24, 2.45) is 0 Å². The molecule has 8 nitrogen and oxygen atoms in total. The third kappa shape index (κ3) is 5.57. The summed E-state index contributed by atoms with van der Waals surface area (Å²) in [6.45, 7) is 3.65. The third-order valence-corrected chi connectivity index (χ3v) is 4.72. The Balaban J connectivity index is 1.41. The van der Waals surface area contributed by atoms with Crippen molar-refractivity contribution in [1.82, 2.24) is 30.7 Å². The summed E-state index contributed by atoms with van der Waals surface area (Å²) in [5.41, 5.74) is 1.10. The van der Waals surface area contributed by atoms with Gasteiger partial charge in [-0.2, -0.15) is 5.10 Å². The van der Waals surface area contributed by atoms with Crippen molar-refractivity contribution >= 4 is 29.2 Å². The lowest BCUT2D eigenvalue weighted by molar-refractivity contribution is -0.0287. The fraction of sp³-hybridized carbons (Fsp3) is 0.438. The molecule has 1 aromatic heterocycles. The molecule has 0 radical (unpaired) electrons. The molecule has 1 fully saturated rings. The molecule has 1 aliphatic heterocycles. The SMILES string of the molecule is O=C(NCc1ncn[nH]1)NC[C@H]1CN(Cc2ccc(Cl)c(Cl)c2)CCO1. The quantitative estimate of drug-likeness (QED) is 0.689. The normalized spacial score (nSPS) is 17.8. The fourth-order valence-corrected chi connectivity index (χ4v) is 3.01. The lowest BCUT2D eigenvalue weighted by atomic mass is 10.2. The van der Waals surface area contributed by atoms with E-state index < -0.39 is 0 Å². The largest absolute Gasteiger partial charge is 0.374 e. The molecule has 10 heteroatoms. The lowest BCUT2D eigenvalue weighted by Crippen LogP contribution is -2.48. The second kappa shape index (κ2) is 9.18. The Morgan fingerprint density at radius 1 is 1.35 bits per heavy atom. The molecule has 2 heterocycles. The zero-order chi connectivity index (χ0) is 18.4. The van der Waals surface area contributed by atoms with Crippen molar-refractivity contribution < 1.29 is 9.53 Å². The molecule has 140 valence electrons. The zero-order valence-electron chi connectivity index (χ0n) is 14.0. The lowest BCUT2D eigenvalue weighted by Gasteiger charge is -2.33. The van der Waals surface area contributed by atoms with Crippen LogP contribution in [0.4, 0.5) is 4.79 Å². The highest BCUT2D eigenvalue weighted by Gasteiger charge is 2.21. The average molecular weight is 399 g/mol. The van der Waals surface area contributed by atoms with E-state index in [4.69, 9.17) is 27.9 Å². The van der Waals surface area contributed by atoms with Crippen LogP contribution in [0.1, 0.15) is 11.4 Å². The first-order valence-corrected chi connectivity index (χ1v) is 8.99. The number of carbonyl (C=O) groups excluding carboxylic acids is 1. The van der Waals surface area contributed by atoms with Crippen LogP contribution in [0.3, 0.4) is 0 Å². The number of hydrogen-bond donors (Lipinski definition) is 3. The molecule has 3 N–H and O–H groups in total. The first-order valence-electron chi connectivity index (χ1n) is 8.24. The maximum absolute atomic E-state index is 11.8. The Kier molecular flexibility index (Phi) is 6.67. The van der Waals surface area contributed by atoms with Crippen molar-refractivity contribution in [1.29, 1.82) is 0 Å². The van der Waals surface area contributed by atoms with Gasteiger partial charge in [-0.1, -0.05) is 29.3 Å². The molecule has 2 amide bonds. The second-order valence-electron chi connectivity index (χ2n) is 5.97. The van der Waals surface area contributed by atoms with Crippen LogP contribution in [0.25, 0.3) is 0 Å². The summed E-state index contributed by atoms with van der Waals surface area (Å²) in [7, 11) is 0. The Hall–Kier alpha value is -1.87. The van der Waals surface area contributed by atoms with Gasteiger partial charge < -0.3 is 15.4 Å². The summed E-state index contributed by atoms with van der Waals surface area (Å²) in [6.07, 6.45) is 1.33. The van der Waals surface area contributed by atoms with Crippen LogP contribution in [-0.2, 0) is 17.8 Å². The highest BCUT2D eigenvalue weighted by atomic mass is 35.5. The van der Waals surface area contributed by atoms with Gasteiger partial charge in [0.25, 0.3) is 0 Å². The van der Waals surface area contributed by atoms with E-state index in [-0.39, 0.29) is 12.1 Å². The van der Waals surface area contributed by atoms with Gasteiger partial charge in [0.05, 0.1) is 29.3 Å². The number of benzene rings is 1. The second-order valence-corrected chi connectivity index (χ2v) is 6.79. The van der Waals surface area contributed by atoms with E-state index in [0.717, 1.165) is 25.2 Å². The molecule has 0 aliphatic carbocycles. The topological polar surface area (TPSA) is 95.2 Å². The minimum atomic E-state index is -0.272. The van der Waals surface area contributed by atoms with E-state index in [1.165, 1.54) is 6.33 Å². The van der Waals surface area contributed by atoms with Gasteiger partial charge in [0.2, 0.25) is 0 Å². The van der Waals surface area contributed by atoms with Crippen molar-refractivity contribution in [2.45, 2.75) is 19.2 Å². The molecule has 2 aromatic rings. The minimum Gasteiger partial charge on any atom is -0.374 e. The summed E-state index contributed by atoms with van der Waals surface area (Å²) >= 11 is 12.0. The van der Waals surface area contributed by atoms with Gasteiger partial charge in [-0.15, -0.1) is 0 Å². The average Bonchev–Trinajstić information content (AvgIpc) is 3.15. The third-order valence-electron chi connectivity index (χ3n) is 3.98. The first kappa shape index (κ1) is 18.9. The number of aromatic nitrogens is 3. The van der Waals surface area contributed by atoms with Gasteiger partial charge >= 0.3 is 6.03 Å². The Labute approximate surface area is 161 Å². The molecule has 1 aromatic carbocycles. The monoisotopic (exact) mass is 398 g/mol. The number of aromatic amines is 1. The highest BCUT2D eigenvalue weighted by molar-refractivity contribution is 6.42. The fourth-order valence-electron chi connectivity index (χ4n) is 2.69. The van der Waals surface area contributed by atoms with Gasteiger partial charge in [-0.05, 0) is 17.7 Å². The standard InChI is InChI=1S/C16H20Cl2N6O2/c17-13-2-1-11(5-14(13)18)8-24-3-4-26-12(9-24)6-19-16(25)20-7-15-21-10-22-23-15/h1-2,5,10,12H,3-4,6-9H2,(H2,19,20,25)(H,21,22,23)/t12-/m0/s1. The van der Waals surface area contributed by atoms with Crippen LogP contribution in [0, 0.1) is 0 Å². The molecule has 0 bridgehead atoms. The van der Waals surface area contributed by atoms with Gasteiger partial charge in [-0.3, -0.25) is 10.00 Å². The smallest absolute Gasteiger partial charge is 0.315 e. The molecule has 0 spiro atoms. The molecule has 1 aliphatic rings. The maximum Gasteiger partial charge on any atom is 0.315 e. The summed E-state index contributed by atoms with van der Waals surface area (Å²) in [4.78, 5) is 18.0. The molecule has 26 heavy (non-hydrogen) atoms. The van der Waals surface area contributed by atoms with Crippen molar-refractivity contribution in [2.75, 3.05) is 26.2 Å². The number of ether oxygens (including phenoxy) is 1. The number of H-pyrrole nitrogens is 1. The summed E-state index contributed by atoms with van der Waals surface area (Å²) in [6, 6.07) is 5.38. The van der Waals surface area contributed by atoms with E-state index in [2.05, 4.69) is 30.7 Å². The van der Waals surface area contributed by atoms with Crippen LogP contribution in [0.15, 0.2) is 24.5 Å². The zero-order valence-corrected chi connectivity index (χ0v) is 15.6. The Morgan fingerprint density at radius 3 is 3.00 bits per heavy atom. The van der Waals surface area contributed by atoms with Gasteiger partial charge in [0.1, 0.15) is 12.2 Å². The van der Waals surface area contributed by atoms with Crippen molar-refractivity contribution in [3.05, 3.63) is 46.0 Å². The van der Waals surface area contributed by atoms with Gasteiger partial charge in [-0.25, -0.2) is 9.78 Å². The highest BCUT2D eigenvalue weighted by Crippen LogP contribution is 2.23. The Bertz CT molecular complexity index is 728. The predicted molar refractivity (Wildman–Crippen MR) is 98.1 cm³/mol. The maximum atomic E-state index is 11.8. The van der Waals surface area contributed by atoms with E-state index in [9.17, 15) is 4.79 Å². The van der Waals surface area contributed by atoms with Crippen LogP contribution in [0.5, 0.6) is 0 Å². The van der Waals surface area contributed by atoms with Crippen LogP contribution < -0.4 is 10.6 Å². The summed E-state index contributed by atoms with van der Waals surface area (Å²) in [5, 5.41) is 13.0. The van der Waals surface area contributed by atoms with Crippen molar-refractivity contribution in [3.63, 3.8) is 0 Å². The molecule has 0 saturated carbocycles. The van der Waals surface area contributed by atoms with Crippen LogP contribution >= 0.6 is 23.2 Å². The van der Waals surface area contributed by atoms with Gasteiger partial charge in [0.15, 0.2) is 0 Å². The molecule has 1 atom stereocenters. The van der Waals surface area contributed by atoms with E-state index in [1.807, 2.05) is 12.1 Å². The number of hydrogen-bond acceptors (Lipinski definition) is 5. The molecule has 3 rings (SSSR count). The molecule has 0 unspecified atom stereocenters. The minimum absolute atomic E-state index is 0.0671. The summed E-state index contributed by atoms with van der Waals surface area (Å²) in [5.74, 6) is 0.599. The van der Waals surface area contributed by atoms with E-state index in [1.54, 1.807) is 6.07 Å². The molecule has 1 saturated heterocycles. The molecular weight excluding hydrogens is 379 g/mol. The van der Waals surface area contributed by atoms with Crippen LogP contribution in [-0.4, -0.2) is 58.5 Å². The van der Waals surface area contributed by atoms with Crippen LogP contribution in [0.2, 0.25) is 10.0 Å². The van der Waals surface area contributed by atoms with Crippen molar-refractivity contribution in [3.8, 4) is 0 Å². The number of rotatable bonds is 6. The number of halogens is 2. The number of urea groups is 1. The number of nitrogens with zero attached hydrogens (tertiary/aromatic N) is 3. The Morgan fingerprint density at radius 2 is 2.23 bits per heavy atom. The number of amides is 2. The molecular formula is C16H20Cl2N6O2. The summed E-state index contributed by atoms with van der Waals surface area (Å²) < 4.78 is 5.73. The number of morpholine rings is 1. The van der Waals surface area contributed by atoms with E-state index in [0.29, 0.717) is 35.6 Å². The number of nitrogens with one attached hydrogen (secondary N) is 3. The first-order chi connectivity index (χ1) is 12.6. The van der Waals surface area contributed by atoms with E-state index >= 15 is 0 Å². The van der Waals surface area contributed by atoms with Gasteiger partial charge in [0, 0.05) is 26.2 Å². The number of carbonyl (C=O) groups is 1.